The van der Waals surface area contributed by atoms with E-state index in [4.69, 9.17) is 15.2 Å². The van der Waals surface area contributed by atoms with Crippen molar-refractivity contribution in [3.63, 3.8) is 0 Å². The van der Waals surface area contributed by atoms with Gasteiger partial charge in [-0.2, -0.15) is 0 Å². The summed E-state index contributed by atoms with van der Waals surface area (Å²) in [6.45, 7) is 4.70. The number of primary amides is 1. The maximum absolute atomic E-state index is 13.0. The maximum Gasteiger partial charge on any atom is 0.268 e. The smallest absolute Gasteiger partial charge is 0.268 e. The number of nitrogens with two attached hydrogens (primary N) is 1. The number of carbonyl (C=O) groups is 2. The molecule has 1 aromatic carbocycles. The van der Waals surface area contributed by atoms with E-state index in [9.17, 15) is 9.59 Å². The Kier molecular flexibility index (Phi) is 5.29. The first kappa shape index (κ1) is 18.4. The Morgan fingerprint density at radius 1 is 1.38 bits per heavy atom. The Labute approximate surface area is 152 Å². The van der Waals surface area contributed by atoms with Crippen LogP contribution in [0.3, 0.4) is 0 Å². The third-order valence-electron chi connectivity index (χ3n) is 4.93. The highest BCUT2D eigenvalue weighted by Gasteiger charge is 2.30. The zero-order chi connectivity index (χ0) is 18.8. The molecule has 7 heteroatoms. The highest BCUT2D eigenvalue weighted by atomic mass is 16.5. The second-order valence-electron chi connectivity index (χ2n) is 6.76. The van der Waals surface area contributed by atoms with Crippen LogP contribution in [0.25, 0.3) is 10.9 Å². The van der Waals surface area contributed by atoms with Crippen LogP contribution in [0.15, 0.2) is 18.2 Å². The minimum absolute atomic E-state index is 0.163. The molecule has 2 heterocycles. The summed E-state index contributed by atoms with van der Waals surface area (Å²) >= 11 is 0. The van der Waals surface area contributed by atoms with E-state index in [1.54, 1.807) is 0 Å². The largest absolute Gasteiger partial charge is 0.379 e. The van der Waals surface area contributed by atoms with Crippen LogP contribution in [0, 0.1) is 13.8 Å². The first-order chi connectivity index (χ1) is 12.4. The van der Waals surface area contributed by atoms with E-state index in [2.05, 4.69) is 5.32 Å². The van der Waals surface area contributed by atoms with Crippen LogP contribution in [-0.2, 0) is 21.3 Å². The lowest BCUT2D eigenvalue weighted by Crippen LogP contribution is -2.51. The molecule has 2 aromatic rings. The average Bonchev–Trinajstić information content (AvgIpc) is 2.86. The molecule has 0 aliphatic carbocycles. The summed E-state index contributed by atoms with van der Waals surface area (Å²) in [5.74, 6) is -0.703. The quantitative estimate of drug-likeness (QED) is 0.838. The van der Waals surface area contributed by atoms with Crippen LogP contribution in [-0.4, -0.2) is 48.3 Å². The van der Waals surface area contributed by atoms with Gasteiger partial charge in [-0.3, -0.25) is 9.59 Å². The molecule has 0 unspecified atom stereocenters. The number of hydrogen-bond acceptors (Lipinski definition) is 4. The molecule has 140 valence electrons. The number of hydrogen-bond donors (Lipinski definition) is 2. The van der Waals surface area contributed by atoms with Crippen LogP contribution in [0.4, 0.5) is 0 Å². The number of benzene rings is 1. The summed E-state index contributed by atoms with van der Waals surface area (Å²) in [6.07, 6.45) is 0.308. The van der Waals surface area contributed by atoms with Gasteiger partial charge in [0, 0.05) is 19.0 Å². The number of ether oxygens (including phenoxy) is 2. The third-order valence-corrected chi connectivity index (χ3v) is 4.93. The highest BCUT2D eigenvalue weighted by molar-refractivity contribution is 6.02. The van der Waals surface area contributed by atoms with Crippen molar-refractivity contribution >= 4 is 22.7 Å². The summed E-state index contributed by atoms with van der Waals surface area (Å²) in [7, 11) is 1.90. The summed E-state index contributed by atoms with van der Waals surface area (Å²) in [6, 6.07) is 5.73. The fourth-order valence-electron chi connectivity index (χ4n) is 3.70. The molecule has 2 atom stereocenters. The Bertz CT molecular complexity index is 843. The molecule has 1 aliphatic heterocycles. The number of nitrogens with one attached hydrogen (secondary N) is 1. The summed E-state index contributed by atoms with van der Waals surface area (Å²) in [4.78, 5) is 24.0. The van der Waals surface area contributed by atoms with Crippen molar-refractivity contribution in [3.05, 3.63) is 35.0 Å². The Morgan fingerprint density at radius 2 is 2.15 bits per heavy atom. The lowest BCUT2D eigenvalue weighted by molar-refractivity contribution is -0.128. The molecule has 3 N–H and O–H groups in total. The van der Waals surface area contributed by atoms with Crippen LogP contribution >= 0.6 is 0 Å². The molecule has 3 rings (SSSR count). The third kappa shape index (κ3) is 3.45. The second-order valence-corrected chi connectivity index (χ2v) is 6.76. The van der Waals surface area contributed by atoms with Crippen molar-refractivity contribution in [1.29, 1.82) is 0 Å². The maximum atomic E-state index is 13.0. The predicted octanol–water partition coefficient (Wildman–Crippen LogP) is 1.18. The molecule has 1 aromatic heterocycles. The monoisotopic (exact) mass is 359 g/mol. The van der Waals surface area contributed by atoms with E-state index in [0.29, 0.717) is 25.3 Å². The predicted molar refractivity (Wildman–Crippen MR) is 98.0 cm³/mol. The average molecular weight is 359 g/mol. The molecule has 0 radical (unpaired) electrons. The number of aromatic nitrogens is 1. The van der Waals surface area contributed by atoms with E-state index >= 15 is 0 Å². The number of carbonyl (C=O) groups excluding carboxylic acids is 2. The number of fused-ring (bicyclic) bond motifs is 1. The first-order valence-electron chi connectivity index (χ1n) is 8.73. The number of para-hydroxylation sites is 1. The van der Waals surface area contributed by atoms with Crippen molar-refractivity contribution in [2.45, 2.75) is 32.4 Å². The zero-order valence-corrected chi connectivity index (χ0v) is 15.4. The first-order valence-corrected chi connectivity index (χ1v) is 8.73. The highest BCUT2D eigenvalue weighted by Crippen LogP contribution is 2.27. The van der Waals surface area contributed by atoms with Gasteiger partial charge in [0.2, 0.25) is 5.91 Å². The van der Waals surface area contributed by atoms with Gasteiger partial charge in [-0.1, -0.05) is 18.2 Å². The summed E-state index contributed by atoms with van der Waals surface area (Å²) in [5, 5.41) is 4.08. The molecule has 26 heavy (non-hydrogen) atoms. The summed E-state index contributed by atoms with van der Waals surface area (Å²) < 4.78 is 13.0. The van der Waals surface area contributed by atoms with Crippen molar-refractivity contribution in [1.82, 2.24) is 9.88 Å². The van der Waals surface area contributed by atoms with E-state index in [0.717, 1.165) is 22.0 Å². The van der Waals surface area contributed by atoms with Crippen LogP contribution in [0.5, 0.6) is 0 Å². The molecular formula is C19H25N3O4. The van der Waals surface area contributed by atoms with E-state index in [-0.39, 0.29) is 24.7 Å². The SMILES string of the molecule is Cc1c(C(=O)N[C@@H]2COCC[C@@H]2OCC(N)=O)n(C)c2c(C)cccc12. The number of nitrogens with zero attached hydrogens (tertiary/aromatic N) is 1. The van der Waals surface area contributed by atoms with Crippen LogP contribution in [0.1, 0.15) is 28.0 Å². The van der Waals surface area contributed by atoms with E-state index in [1.165, 1.54) is 0 Å². The number of aryl methyl sites for hydroxylation is 3. The lowest BCUT2D eigenvalue weighted by atomic mass is 10.1. The fourth-order valence-corrected chi connectivity index (χ4v) is 3.70. The van der Waals surface area contributed by atoms with Gasteiger partial charge < -0.3 is 25.1 Å². The topological polar surface area (TPSA) is 95.6 Å². The molecule has 2 amide bonds. The number of amides is 2. The zero-order valence-electron chi connectivity index (χ0n) is 15.4. The van der Waals surface area contributed by atoms with Crippen molar-refractivity contribution in [2.75, 3.05) is 19.8 Å². The van der Waals surface area contributed by atoms with Crippen LogP contribution in [0.2, 0.25) is 0 Å². The van der Waals surface area contributed by atoms with Gasteiger partial charge in [0.1, 0.15) is 12.3 Å². The Hall–Kier alpha value is -2.38. The Balaban J connectivity index is 1.84. The van der Waals surface area contributed by atoms with Gasteiger partial charge >= 0.3 is 0 Å². The van der Waals surface area contributed by atoms with E-state index < -0.39 is 5.91 Å². The molecule has 1 saturated heterocycles. The molecule has 0 bridgehead atoms. The molecule has 0 saturated carbocycles. The standard InChI is InChI=1S/C19H25N3O4/c1-11-5-4-6-13-12(2)18(22(3)17(11)13)19(24)21-14-9-25-8-7-15(14)26-10-16(20)23/h4-6,14-15H,7-10H2,1-3H3,(H2,20,23)(H,21,24)/t14-,15+/m1/s1. The minimum atomic E-state index is -0.526. The van der Waals surface area contributed by atoms with Gasteiger partial charge in [-0.25, -0.2) is 0 Å². The van der Waals surface area contributed by atoms with Gasteiger partial charge in [0.15, 0.2) is 0 Å². The molecule has 1 fully saturated rings. The van der Waals surface area contributed by atoms with Crippen molar-refractivity contribution < 1.29 is 19.1 Å². The molecule has 7 nitrogen and oxygen atoms in total. The minimum Gasteiger partial charge on any atom is -0.379 e. The van der Waals surface area contributed by atoms with Crippen LogP contribution < -0.4 is 11.1 Å². The fraction of sp³-hybridized carbons (Fsp3) is 0.474. The number of rotatable bonds is 5. The second kappa shape index (κ2) is 7.47. The Morgan fingerprint density at radius 3 is 2.85 bits per heavy atom. The van der Waals surface area contributed by atoms with Crippen molar-refractivity contribution in [2.24, 2.45) is 12.8 Å². The van der Waals surface area contributed by atoms with Gasteiger partial charge in [-0.15, -0.1) is 0 Å². The molecule has 0 spiro atoms. The lowest BCUT2D eigenvalue weighted by Gasteiger charge is -2.31. The summed E-state index contributed by atoms with van der Waals surface area (Å²) in [5.41, 5.74) is 8.89. The van der Waals surface area contributed by atoms with Gasteiger partial charge in [-0.05, 0) is 31.4 Å². The molecular weight excluding hydrogens is 334 g/mol. The van der Waals surface area contributed by atoms with Gasteiger partial charge in [0.25, 0.3) is 5.91 Å². The normalized spacial score (nSPS) is 20.3. The van der Waals surface area contributed by atoms with Gasteiger partial charge in [0.05, 0.1) is 24.3 Å². The molecule has 1 aliphatic rings. The van der Waals surface area contributed by atoms with E-state index in [1.807, 2.05) is 43.7 Å². The van der Waals surface area contributed by atoms with Crippen molar-refractivity contribution in [3.8, 4) is 0 Å².